The van der Waals surface area contributed by atoms with Crippen LogP contribution >= 0.6 is 11.3 Å². The summed E-state index contributed by atoms with van der Waals surface area (Å²) in [6.45, 7) is 2.03. The molecule has 3 atom stereocenters. The molecule has 9 heteroatoms. The summed E-state index contributed by atoms with van der Waals surface area (Å²) in [6, 6.07) is 20.1. The number of carbonyl (C=O) groups excluding carboxylic acids is 3. The van der Waals surface area contributed by atoms with Crippen LogP contribution in [0.4, 0.5) is 0 Å². The molecule has 0 aliphatic carbocycles. The number of thiophene rings is 1. The maximum Gasteiger partial charge on any atom is 0.249 e. The lowest BCUT2D eigenvalue weighted by Gasteiger charge is -2.34. The van der Waals surface area contributed by atoms with Gasteiger partial charge in [-0.15, -0.1) is 11.3 Å². The Morgan fingerprint density at radius 2 is 1.57 bits per heavy atom. The monoisotopic (exact) mass is 564 g/mol. The molecule has 0 saturated carbocycles. The second-order valence-electron chi connectivity index (χ2n) is 9.83. The minimum Gasteiger partial charge on any atom is -0.370 e. The second kappa shape index (κ2) is 15.3. The van der Waals surface area contributed by atoms with E-state index in [9.17, 15) is 14.4 Å². The van der Waals surface area contributed by atoms with Crippen molar-refractivity contribution in [3.63, 3.8) is 0 Å². The summed E-state index contributed by atoms with van der Waals surface area (Å²) in [4.78, 5) is 43.9. The van der Waals surface area contributed by atoms with Crippen molar-refractivity contribution in [3.8, 4) is 11.1 Å². The quantitative estimate of drug-likeness (QED) is 0.313. The number of hydrogen-bond acceptors (Lipinski definition) is 6. The third-order valence-electron chi connectivity index (χ3n) is 7.06. The highest BCUT2D eigenvalue weighted by Gasteiger charge is 2.35. The van der Waals surface area contributed by atoms with E-state index in [4.69, 9.17) is 10.5 Å². The van der Waals surface area contributed by atoms with E-state index in [1.807, 2.05) is 79.0 Å². The molecule has 0 spiro atoms. The van der Waals surface area contributed by atoms with Crippen molar-refractivity contribution in [1.82, 2.24) is 15.1 Å². The van der Waals surface area contributed by atoms with Crippen LogP contribution in [0.1, 0.15) is 23.8 Å². The maximum absolute atomic E-state index is 14.0. The van der Waals surface area contributed by atoms with E-state index in [1.165, 1.54) is 21.1 Å². The number of rotatable bonds is 14. The van der Waals surface area contributed by atoms with Gasteiger partial charge in [0.1, 0.15) is 18.7 Å². The van der Waals surface area contributed by atoms with Gasteiger partial charge < -0.3 is 25.6 Å². The number of nitrogens with two attached hydrogens (primary N) is 1. The van der Waals surface area contributed by atoms with E-state index in [0.717, 1.165) is 28.0 Å². The van der Waals surface area contributed by atoms with Gasteiger partial charge in [-0.3, -0.25) is 14.4 Å². The predicted octanol–water partition coefficient (Wildman–Crippen LogP) is 3.35. The molecular weight excluding hydrogens is 524 g/mol. The fourth-order valence-electron chi connectivity index (χ4n) is 4.35. The smallest absolute Gasteiger partial charge is 0.249 e. The van der Waals surface area contributed by atoms with Gasteiger partial charge in [0.05, 0.1) is 6.61 Å². The summed E-state index contributed by atoms with van der Waals surface area (Å²) in [6.07, 6.45) is 1.40. The van der Waals surface area contributed by atoms with Gasteiger partial charge >= 0.3 is 0 Å². The minimum atomic E-state index is -0.834. The molecule has 0 bridgehead atoms. The molecule has 40 heavy (non-hydrogen) atoms. The molecule has 3 aromatic rings. The first-order valence-corrected chi connectivity index (χ1v) is 14.4. The zero-order valence-electron chi connectivity index (χ0n) is 23.7. The Hall–Kier alpha value is -3.53. The Balaban J connectivity index is 1.84. The van der Waals surface area contributed by atoms with Gasteiger partial charge in [0.25, 0.3) is 0 Å². The van der Waals surface area contributed by atoms with Crippen LogP contribution in [0.2, 0.25) is 0 Å². The highest BCUT2D eigenvalue weighted by Crippen LogP contribution is 2.22. The Morgan fingerprint density at radius 1 is 0.900 bits per heavy atom. The Labute approximate surface area is 241 Å². The van der Waals surface area contributed by atoms with Gasteiger partial charge in [-0.2, -0.15) is 0 Å². The average Bonchev–Trinajstić information content (AvgIpc) is 3.51. The van der Waals surface area contributed by atoms with Crippen molar-refractivity contribution in [2.45, 2.75) is 44.3 Å². The largest absolute Gasteiger partial charge is 0.370 e. The number of ether oxygens (including phenoxy) is 1. The van der Waals surface area contributed by atoms with Gasteiger partial charge in [0, 0.05) is 44.9 Å². The van der Waals surface area contributed by atoms with Crippen molar-refractivity contribution in [1.29, 1.82) is 0 Å². The number of hydrogen-bond donors (Lipinski definition) is 2. The van der Waals surface area contributed by atoms with Crippen LogP contribution in [0, 0.1) is 0 Å². The van der Waals surface area contributed by atoms with Gasteiger partial charge in [-0.05, 0) is 34.6 Å². The molecule has 0 aliphatic rings. The van der Waals surface area contributed by atoms with Crippen molar-refractivity contribution < 1.29 is 19.1 Å². The molecule has 0 fully saturated rings. The topological polar surface area (TPSA) is 105 Å². The number of amides is 3. The van der Waals surface area contributed by atoms with E-state index < -0.39 is 12.1 Å². The fourth-order valence-corrected chi connectivity index (χ4v) is 5.09. The van der Waals surface area contributed by atoms with Crippen molar-refractivity contribution in [3.05, 3.63) is 82.6 Å². The van der Waals surface area contributed by atoms with Crippen LogP contribution in [0.3, 0.4) is 0 Å². The first kappa shape index (κ1) is 31.0. The first-order chi connectivity index (χ1) is 19.2. The normalized spacial score (nSPS) is 13.2. The zero-order chi connectivity index (χ0) is 29.1. The van der Waals surface area contributed by atoms with Crippen LogP contribution in [0.15, 0.2) is 72.1 Å². The molecule has 1 unspecified atom stereocenters. The van der Waals surface area contributed by atoms with Crippen LogP contribution in [0.5, 0.6) is 0 Å². The standard InChI is InChI=1S/C31H40N4O4S/c1-5-25(32)20-39-21-29(36)34(3)28(18-22-13-15-24(16-14-22)23-10-7-6-8-11-23)31(38)35(4)27(30(37)33-2)19-26-12-9-17-40-26/h6-17,25,27-28H,5,18-21,32H2,1-4H3,(H,33,37)/t25?,27-,28-/m1/s1. The Morgan fingerprint density at radius 3 is 2.17 bits per heavy atom. The van der Waals surface area contributed by atoms with Crippen LogP contribution in [-0.2, 0) is 32.0 Å². The molecule has 0 radical (unpaired) electrons. The number of nitrogens with zero attached hydrogens (tertiary/aromatic N) is 2. The second-order valence-corrected chi connectivity index (χ2v) is 10.9. The van der Waals surface area contributed by atoms with Gasteiger partial charge in [0.15, 0.2) is 0 Å². The summed E-state index contributed by atoms with van der Waals surface area (Å²) in [5, 5.41) is 4.62. The number of benzene rings is 2. The Bertz CT molecular complexity index is 1220. The molecule has 1 heterocycles. The summed E-state index contributed by atoms with van der Waals surface area (Å²) < 4.78 is 5.54. The maximum atomic E-state index is 14.0. The molecule has 0 aliphatic heterocycles. The summed E-state index contributed by atoms with van der Waals surface area (Å²) >= 11 is 1.53. The number of likely N-dealkylation sites (N-methyl/N-ethyl adjacent to an activating group) is 3. The summed E-state index contributed by atoms with van der Waals surface area (Å²) in [5.74, 6) is -0.912. The highest BCUT2D eigenvalue weighted by atomic mass is 32.1. The van der Waals surface area contributed by atoms with Gasteiger partial charge in [0.2, 0.25) is 17.7 Å². The molecule has 3 rings (SSSR count). The van der Waals surface area contributed by atoms with E-state index in [0.29, 0.717) is 6.42 Å². The van der Waals surface area contributed by atoms with Crippen LogP contribution < -0.4 is 11.1 Å². The molecule has 3 amide bonds. The number of carbonyl (C=O) groups is 3. The van der Waals surface area contributed by atoms with E-state index >= 15 is 0 Å². The van der Waals surface area contributed by atoms with E-state index in [-0.39, 0.29) is 43.4 Å². The zero-order valence-corrected chi connectivity index (χ0v) is 24.5. The van der Waals surface area contributed by atoms with E-state index in [1.54, 1.807) is 21.1 Å². The summed E-state index contributed by atoms with van der Waals surface area (Å²) in [7, 11) is 4.78. The highest BCUT2D eigenvalue weighted by molar-refractivity contribution is 7.09. The third-order valence-corrected chi connectivity index (χ3v) is 7.96. The van der Waals surface area contributed by atoms with Crippen LogP contribution in [-0.4, -0.2) is 80.0 Å². The van der Waals surface area contributed by atoms with Crippen molar-refractivity contribution >= 4 is 29.1 Å². The number of nitrogens with one attached hydrogen (secondary N) is 1. The SMILES string of the molecule is CCC(N)COCC(=O)N(C)[C@H](Cc1ccc(-c2ccccc2)cc1)C(=O)N(C)[C@H](Cc1cccs1)C(=O)NC. The minimum absolute atomic E-state index is 0.157. The predicted molar refractivity (Wildman–Crippen MR) is 160 cm³/mol. The van der Waals surface area contributed by atoms with Gasteiger partial charge in [-0.25, -0.2) is 0 Å². The van der Waals surface area contributed by atoms with Crippen LogP contribution in [0.25, 0.3) is 11.1 Å². The third kappa shape index (κ3) is 8.48. The lowest BCUT2D eigenvalue weighted by molar-refractivity contribution is -0.149. The Kier molecular flexibility index (Phi) is 11.9. The lowest BCUT2D eigenvalue weighted by Crippen LogP contribution is -2.56. The molecule has 1 aromatic heterocycles. The molecule has 0 saturated heterocycles. The van der Waals surface area contributed by atoms with E-state index in [2.05, 4.69) is 5.32 Å². The lowest BCUT2D eigenvalue weighted by atomic mass is 9.99. The molecule has 214 valence electrons. The molecule has 8 nitrogen and oxygen atoms in total. The van der Waals surface area contributed by atoms with Gasteiger partial charge in [-0.1, -0.05) is 67.6 Å². The molecule has 3 N–H and O–H groups in total. The molecule has 2 aromatic carbocycles. The first-order valence-electron chi connectivity index (χ1n) is 13.5. The molecular formula is C31H40N4O4S. The average molecular weight is 565 g/mol. The van der Waals surface area contributed by atoms with Crippen molar-refractivity contribution in [2.75, 3.05) is 34.4 Å². The van der Waals surface area contributed by atoms with Crippen molar-refractivity contribution in [2.24, 2.45) is 5.73 Å². The summed E-state index contributed by atoms with van der Waals surface area (Å²) in [5.41, 5.74) is 8.98. The fraction of sp³-hybridized carbons (Fsp3) is 0.387.